The van der Waals surface area contributed by atoms with Crippen LogP contribution >= 0.6 is 0 Å². The minimum atomic E-state index is -0.0285. The Hall–Kier alpha value is -2.56. The van der Waals surface area contributed by atoms with E-state index in [0.29, 0.717) is 6.42 Å². The summed E-state index contributed by atoms with van der Waals surface area (Å²) in [6.07, 6.45) is 5.02. The Kier molecular flexibility index (Phi) is 4.19. The average Bonchev–Trinajstić information content (AvgIpc) is 3.10. The van der Waals surface area contributed by atoms with Gasteiger partial charge in [-0.2, -0.15) is 5.10 Å². The summed E-state index contributed by atoms with van der Waals surface area (Å²) in [6.45, 7) is 4.00. The van der Waals surface area contributed by atoms with Gasteiger partial charge in [-0.15, -0.1) is 0 Å². The molecule has 120 valence electrons. The summed E-state index contributed by atoms with van der Waals surface area (Å²) in [5.74, 6) is 0.0611. The van der Waals surface area contributed by atoms with Gasteiger partial charge >= 0.3 is 0 Å². The molecule has 5 nitrogen and oxygen atoms in total. The van der Waals surface area contributed by atoms with Crippen molar-refractivity contribution in [3.8, 4) is 0 Å². The molecule has 0 aliphatic rings. The highest BCUT2D eigenvalue weighted by molar-refractivity contribution is 5.84. The number of H-pyrrole nitrogens is 1. The highest BCUT2D eigenvalue weighted by Gasteiger charge is 2.15. The van der Waals surface area contributed by atoms with E-state index in [1.54, 1.807) is 0 Å². The number of amides is 1. The van der Waals surface area contributed by atoms with Crippen LogP contribution < -0.4 is 5.32 Å². The Morgan fingerprint density at radius 1 is 1.39 bits per heavy atom. The quantitative estimate of drug-likeness (QED) is 0.761. The van der Waals surface area contributed by atoms with Crippen LogP contribution in [-0.4, -0.2) is 20.7 Å². The van der Waals surface area contributed by atoms with Gasteiger partial charge in [-0.05, 0) is 31.9 Å². The molecule has 0 spiro atoms. The third kappa shape index (κ3) is 3.13. The maximum atomic E-state index is 12.2. The molecule has 0 saturated carbocycles. The first-order valence-electron chi connectivity index (χ1n) is 7.89. The Morgan fingerprint density at radius 3 is 2.91 bits per heavy atom. The fourth-order valence-corrected chi connectivity index (χ4v) is 2.92. The minimum absolute atomic E-state index is 0.0285. The van der Waals surface area contributed by atoms with Crippen LogP contribution in [0.1, 0.15) is 36.2 Å². The molecule has 2 N–H and O–H groups in total. The Balaban J connectivity index is 1.60. The van der Waals surface area contributed by atoms with Crippen molar-refractivity contribution in [2.45, 2.75) is 32.7 Å². The van der Waals surface area contributed by atoms with Gasteiger partial charge in [0.1, 0.15) is 0 Å². The van der Waals surface area contributed by atoms with Crippen molar-refractivity contribution in [2.24, 2.45) is 7.05 Å². The molecule has 1 atom stereocenters. The highest BCUT2D eigenvalue weighted by Crippen LogP contribution is 2.20. The van der Waals surface area contributed by atoms with Gasteiger partial charge in [0.05, 0.1) is 12.2 Å². The molecule has 0 aliphatic heterocycles. The molecule has 2 heterocycles. The first-order valence-corrected chi connectivity index (χ1v) is 7.89. The molecule has 1 amide bonds. The molecular formula is C18H22N4O. The van der Waals surface area contributed by atoms with Crippen molar-refractivity contribution < 1.29 is 4.79 Å². The largest absolute Gasteiger partial charge is 0.361 e. The molecule has 3 rings (SSSR count). The van der Waals surface area contributed by atoms with E-state index in [9.17, 15) is 4.79 Å². The predicted molar refractivity (Wildman–Crippen MR) is 91.1 cm³/mol. The second kappa shape index (κ2) is 6.28. The van der Waals surface area contributed by atoms with Crippen molar-refractivity contribution in [1.82, 2.24) is 20.1 Å². The van der Waals surface area contributed by atoms with Gasteiger partial charge in [0.25, 0.3) is 0 Å². The maximum Gasteiger partial charge on any atom is 0.220 e. The van der Waals surface area contributed by atoms with Crippen molar-refractivity contribution in [1.29, 1.82) is 0 Å². The molecule has 1 unspecified atom stereocenters. The SMILES string of the molecule is Cc1c(C(C)NC(=O)CCc2c[nH]c3ccccc23)cnn1C. The number of aromatic nitrogens is 3. The van der Waals surface area contributed by atoms with Crippen LogP contribution in [0.25, 0.3) is 10.9 Å². The number of nitrogens with one attached hydrogen (secondary N) is 2. The monoisotopic (exact) mass is 310 g/mol. The van der Waals surface area contributed by atoms with E-state index in [2.05, 4.69) is 21.5 Å². The number of nitrogens with zero attached hydrogens (tertiary/aromatic N) is 2. The van der Waals surface area contributed by atoms with Gasteiger partial charge in [0.2, 0.25) is 5.91 Å². The van der Waals surface area contributed by atoms with E-state index in [4.69, 9.17) is 0 Å². The van der Waals surface area contributed by atoms with Crippen LogP contribution in [0.2, 0.25) is 0 Å². The van der Waals surface area contributed by atoms with Crippen LogP contribution in [0, 0.1) is 6.92 Å². The Labute approximate surface area is 135 Å². The first-order chi connectivity index (χ1) is 11.1. The molecule has 3 aromatic rings. The van der Waals surface area contributed by atoms with Crippen LogP contribution in [0.15, 0.2) is 36.7 Å². The fourth-order valence-electron chi connectivity index (χ4n) is 2.92. The van der Waals surface area contributed by atoms with Gasteiger partial charge in [0, 0.05) is 41.8 Å². The summed E-state index contributed by atoms with van der Waals surface area (Å²) in [4.78, 5) is 15.5. The number of benzene rings is 1. The molecule has 2 aromatic heterocycles. The number of hydrogen-bond acceptors (Lipinski definition) is 2. The maximum absolute atomic E-state index is 12.2. The number of fused-ring (bicyclic) bond motifs is 1. The lowest BCUT2D eigenvalue weighted by Crippen LogP contribution is -2.27. The van der Waals surface area contributed by atoms with Crippen molar-refractivity contribution in [3.63, 3.8) is 0 Å². The number of carbonyl (C=O) groups is 1. The lowest BCUT2D eigenvalue weighted by atomic mass is 10.1. The molecule has 0 saturated heterocycles. The molecule has 23 heavy (non-hydrogen) atoms. The molecule has 0 bridgehead atoms. The summed E-state index contributed by atoms with van der Waals surface area (Å²) in [5, 5.41) is 8.48. The zero-order valence-electron chi connectivity index (χ0n) is 13.8. The summed E-state index contributed by atoms with van der Waals surface area (Å²) in [6, 6.07) is 8.13. The zero-order chi connectivity index (χ0) is 16.4. The molecule has 0 radical (unpaired) electrons. The first kappa shape index (κ1) is 15.3. The van der Waals surface area contributed by atoms with Crippen molar-refractivity contribution in [3.05, 3.63) is 53.5 Å². The number of para-hydroxylation sites is 1. The number of rotatable bonds is 5. The standard InChI is InChI=1S/C18H22N4O/c1-12(16-11-20-22(3)13(16)2)21-18(23)9-8-14-10-19-17-7-5-4-6-15(14)17/h4-7,10-12,19H,8-9H2,1-3H3,(H,21,23). The fraction of sp³-hybridized carbons (Fsp3) is 0.333. The van der Waals surface area contributed by atoms with Crippen LogP contribution in [0.3, 0.4) is 0 Å². The van der Waals surface area contributed by atoms with E-state index >= 15 is 0 Å². The number of aryl methyl sites for hydroxylation is 2. The second-order valence-electron chi connectivity index (χ2n) is 5.96. The van der Waals surface area contributed by atoms with E-state index < -0.39 is 0 Å². The zero-order valence-corrected chi connectivity index (χ0v) is 13.8. The van der Waals surface area contributed by atoms with Gasteiger partial charge in [0.15, 0.2) is 0 Å². The minimum Gasteiger partial charge on any atom is -0.361 e. The molecule has 0 fully saturated rings. The lowest BCUT2D eigenvalue weighted by Gasteiger charge is -2.13. The summed E-state index contributed by atoms with van der Waals surface area (Å²) < 4.78 is 1.82. The summed E-state index contributed by atoms with van der Waals surface area (Å²) >= 11 is 0. The van der Waals surface area contributed by atoms with Crippen molar-refractivity contribution >= 4 is 16.8 Å². The molecule has 0 aliphatic carbocycles. The van der Waals surface area contributed by atoms with Crippen LogP contribution in [0.4, 0.5) is 0 Å². The van der Waals surface area contributed by atoms with E-state index in [1.807, 2.05) is 56.2 Å². The molecule has 1 aromatic carbocycles. The number of carbonyl (C=O) groups excluding carboxylic acids is 1. The van der Waals surface area contributed by atoms with Crippen LogP contribution in [0.5, 0.6) is 0 Å². The Morgan fingerprint density at radius 2 is 2.17 bits per heavy atom. The van der Waals surface area contributed by atoms with Crippen molar-refractivity contribution in [2.75, 3.05) is 0 Å². The smallest absolute Gasteiger partial charge is 0.220 e. The molecular weight excluding hydrogens is 288 g/mol. The second-order valence-corrected chi connectivity index (χ2v) is 5.96. The van der Waals surface area contributed by atoms with Gasteiger partial charge in [-0.25, -0.2) is 0 Å². The van der Waals surface area contributed by atoms with Gasteiger partial charge < -0.3 is 10.3 Å². The van der Waals surface area contributed by atoms with E-state index in [0.717, 1.165) is 23.2 Å². The van der Waals surface area contributed by atoms with E-state index in [1.165, 1.54) is 10.9 Å². The topological polar surface area (TPSA) is 62.7 Å². The summed E-state index contributed by atoms with van der Waals surface area (Å²) in [7, 11) is 1.91. The van der Waals surface area contributed by atoms with Gasteiger partial charge in [-0.1, -0.05) is 18.2 Å². The number of aromatic amines is 1. The normalized spacial score (nSPS) is 12.5. The predicted octanol–water partition coefficient (Wildman–Crippen LogP) is 3.02. The lowest BCUT2D eigenvalue weighted by molar-refractivity contribution is -0.121. The summed E-state index contributed by atoms with van der Waals surface area (Å²) in [5.41, 5.74) is 4.44. The highest BCUT2D eigenvalue weighted by atomic mass is 16.1. The molecule has 5 heteroatoms. The average molecular weight is 310 g/mol. The third-order valence-electron chi connectivity index (χ3n) is 4.41. The number of hydrogen-bond donors (Lipinski definition) is 2. The Bertz CT molecular complexity index is 831. The van der Waals surface area contributed by atoms with Crippen LogP contribution in [-0.2, 0) is 18.3 Å². The third-order valence-corrected chi connectivity index (χ3v) is 4.41. The van der Waals surface area contributed by atoms with E-state index in [-0.39, 0.29) is 11.9 Å². The van der Waals surface area contributed by atoms with Gasteiger partial charge in [-0.3, -0.25) is 9.48 Å².